The molecule has 0 spiro atoms. The Morgan fingerprint density at radius 1 is 1.55 bits per heavy atom. The fourth-order valence-corrected chi connectivity index (χ4v) is 2.71. The molecule has 0 unspecified atom stereocenters. The maximum Gasteiger partial charge on any atom is 0.255 e. The van der Waals surface area contributed by atoms with E-state index in [1.54, 1.807) is 4.90 Å². The van der Waals surface area contributed by atoms with Crippen molar-refractivity contribution in [2.24, 2.45) is 0 Å². The SMILES string of the molecule is CN(C)C[C@]1(O)CCCN(C(=O)c2cncc(F)c2)C1. The number of nitrogens with zero attached hydrogens (tertiary/aromatic N) is 3. The Labute approximate surface area is 118 Å². The fraction of sp³-hybridized carbons (Fsp3) is 0.571. The van der Waals surface area contributed by atoms with Crippen LogP contribution in [0.15, 0.2) is 18.5 Å². The predicted octanol–water partition coefficient (Wildman–Crippen LogP) is 0.749. The molecule has 5 nitrogen and oxygen atoms in total. The third kappa shape index (κ3) is 3.52. The van der Waals surface area contributed by atoms with Crippen molar-refractivity contribution >= 4 is 5.91 Å². The molecule has 0 aliphatic carbocycles. The lowest BCUT2D eigenvalue weighted by molar-refractivity contribution is -0.0391. The van der Waals surface area contributed by atoms with Gasteiger partial charge in [-0.1, -0.05) is 0 Å². The Morgan fingerprint density at radius 2 is 2.30 bits per heavy atom. The highest BCUT2D eigenvalue weighted by molar-refractivity contribution is 5.94. The van der Waals surface area contributed by atoms with Crippen LogP contribution in [0.25, 0.3) is 0 Å². The molecule has 0 aromatic carbocycles. The molecular formula is C14H20FN3O2. The van der Waals surface area contributed by atoms with Gasteiger partial charge in [0.05, 0.1) is 23.9 Å². The van der Waals surface area contributed by atoms with Crippen LogP contribution in [-0.2, 0) is 0 Å². The predicted molar refractivity (Wildman–Crippen MR) is 72.8 cm³/mol. The summed E-state index contributed by atoms with van der Waals surface area (Å²) >= 11 is 0. The molecule has 1 saturated heterocycles. The number of hydrogen-bond donors (Lipinski definition) is 1. The first-order valence-corrected chi connectivity index (χ1v) is 6.67. The number of β-amino-alcohol motifs (C(OH)–C–C–N with tert-alkyl or cyclic N) is 1. The van der Waals surface area contributed by atoms with Crippen molar-refractivity contribution in [3.63, 3.8) is 0 Å². The zero-order valence-electron chi connectivity index (χ0n) is 11.8. The van der Waals surface area contributed by atoms with Gasteiger partial charge < -0.3 is 14.9 Å². The molecule has 1 amide bonds. The number of rotatable bonds is 3. The Morgan fingerprint density at radius 3 is 2.95 bits per heavy atom. The van der Waals surface area contributed by atoms with E-state index in [1.807, 2.05) is 19.0 Å². The molecule has 20 heavy (non-hydrogen) atoms. The van der Waals surface area contributed by atoms with Gasteiger partial charge in [0.15, 0.2) is 0 Å². The zero-order chi connectivity index (χ0) is 14.8. The minimum atomic E-state index is -0.905. The summed E-state index contributed by atoms with van der Waals surface area (Å²) in [6.07, 6.45) is 3.82. The van der Waals surface area contributed by atoms with Gasteiger partial charge in [0, 0.05) is 19.3 Å². The summed E-state index contributed by atoms with van der Waals surface area (Å²) in [5.74, 6) is -0.815. The number of hydrogen-bond acceptors (Lipinski definition) is 4. The third-order valence-electron chi connectivity index (χ3n) is 3.40. The standard InChI is InChI=1S/C14H20FN3O2/c1-17(2)9-14(20)4-3-5-18(10-14)13(19)11-6-12(15)8-16-7-11/h6-8,20H,3-5,9-10H2,1-2H3/t14-/m1/s1. The quantitative estimate of drug-likeness (QED) is 0.888. The van der Waals surface area contributed by atoms with Gasteiger partial charge in [0.2, 0.25) is 0 Å². The topological polar surface area (TPSA) is 56.7 Å². The van der Waals surface area contributed by atoms with Crippen molar-refractivity contribution in [1.29, 1.82) is 0 Å². The molecule has 110 valence electrons. The number of aromatic nitrogens is 1. The molecule has 1 N–H and O–H groups in total. The first kappa shape index (κ1) is 14.9. The molecule has 1 aliphatic rings. The molecule has 0 radical (unpaired) electrons. The number of piperidine rings is 1. The summed E-state index contributed by atoms with van der Waals surface area (Å²) in [5, 5.41) is 10.5. The lowest BCUT2D eigenvalue weighted by Crippen LogP contribution is -2.54. The molecule has 0 saturated carbocycles. The Kier molecular flexibility index (Phi) is 4.35. The molecule has 0 bridgehead atoms. The second kappa shape index (κ2) is 5.85. The normalized spacial score (nSPS) is 23.1. The van der Waals surface area contributed by atoms with E-state index in [1.165, 1.54) is 12.3 Å². The monoisotopic (exact) mass is 281 g/mol. The maximum absolute atomic E-state index is 13.1. The molecule has 1 aliphatic heterocycles. The van der Waals surface area contributed by atoms with Crippen LogP contribution in [0, 0.1) is 5.82 Å². The minimum absolute atomic E-state index is 0.221. The second-order valence-corrected chi connectivity index (χ2v) is 5.68. The van der Waals surface area contributed by atoms with Gasteiger partial charge in [0.25, 0.3) is 5.91 Å². The van der Waals surface area contributed by atoms with Crippen molar-refractivity contribution in [3.8, 4) is 0 Å². The summed E-state index contributed by atoms with van der Waals surface area (Å²) in [6.45, 7) is 1.34. The average Bonchev–Trinajstić information content (AvgIpc) is 2.36. The maximum atomic E-state index is 13.1. The van der Waals surface area contributed by atoms with Crippen LogP contribution in [-0.4, -0.2) is 65.1 Å². The Bertz CT molecular complexity index is 495. The zero-order valence-corrected chi connectivity index (χ0v) is 11.8. The number of aliphatic hydroxyl groups is 1. The summed E-state index contributed by atoms with van der Waals surface area (Å²) < 4.78 is 13.1. The van der Waals surface area contributed by atoms with Gasteiger partial charge in [-0.05, 0) is 33.0 Å². The van der Waals surface area contributed by atoms with Gasteiger partial charge in [-0.3, -0.25) is 9.78 Å². The molecule has 2 rings (SSSR count). The van der Waals surface area contributed by atoms with Gasteiger partial charge >= 0.3 is 0 Å². The van der Waals surface area contributed by atoms with E-state index in [9.17, 15) is 14.3 Å². The molecule has 1 fully saturated rings. The molecule has 1 aromatic rings. The van der Waals surface area contributed by atoms with Gasteiger partial charge in [0.1, 0.15) is 5.82 Å². The largest absolute Gasteiger partial charge is 0.387 e. The summed E-state index contributed by atoms with van der Waals surface area (Å²) in [6, 6.07) is 1.18. The summed E-state index contributed by atoms with van der Waals surface area (Å²) in [4.78, 5) is 19.5. The lowest BCUT2D eigenvalue weighted by atomic mass is 9.92. The summed E-state index contributed by atoms with van der Waals surface area (Å²) in [5.41, 5.74) is -0.683. The van der Waals surface area contributed by atoms with Gasteiger partial charge in [-0.25, -0.2) is 4.39 Å². The van der Waals surface area contributed by atoms with E-state index >= 15 is 0 Å². The number of carbonyl (C=O) groups is 1. The van der Waals surface area contributed by atoms with Crippen LogP contribution in [0.5, 0.6) is 0 Å². The van der Waals surface area contributed by atoms with Crippen LogP contribution in [0.4, 0.5) is 4.39 Å². The minimum Gasteiger partial charge on any atom is -0.387 e. The Hall–Kier alpha value is -1.53. The van der Waals surface area contributed by atoms with E-state index in [2.05, 4.69) is 4.98 Å². The van der Waals surface area contributed by atoms with E-state index in [0.29, 0.717) is 19.5 Å². The second-order valence-electron chi connectivity index (χ2n) is 5.68. The van der Waals surface area contributed by atoms with Crippen molar-refractivity contribution < 1.29 is 14.3 Å². The number of amides is 1. The van der Waals surface area contributed by atoms with Crippen LogP contribution in [0.3, 0.4) is 0 Å². The number of halogens is 1. The van der Waals surface area contributed by atoms with Crippen LogP contribution >= 0.6 is 0 Å². The highest BCUT2D eigenvalue weighted by Crippen LogP contribution is 2.23. The number of carbonyl (C=O) groups excluding carboxylic acids is 1. The Balaban J connectivity index is 2.10. The molecule has 2 heterocycles. The first-order valence-electron chi connectivity index (χ1n) is 6.67. The van der Waals surface area contributed by atoms with Crippen molar-refractivity contribution in [2.75, 3.05) is 33.7 Å². The molecule has 1 aromatic heterocycles. The van der Waals surface area contributed by atoms with Crippen molar-refractivity contribution in [1.82, 2.24) is 14.8 Å². The van der Waals surface area contributed by atoms with Gasteiger partial charge in [-0.15, -0.1) is 0 Å². The van der Waals surface area contributed by atoms with Crippen molar-refractivity contribution in [3.05, 3.63) is 29.8 Å². The number of likely N-dealkylation sites (N-methyl/N-ethyl adjacent to an activating group) is 1. The average molecular weight is 281 g/mol. The first-order chi connectivity index (χ1) is 9.39. The van der Waals surface area contributed by atoms with Crippen molar-refractivity contribution in [2.45, 2.75) is 18.4 Å². The van der Waals surface area contributed by atoms with E-state index in [4.69, 9.17) is 0 Å². The van der Waals surface area contributed by atoms with E-state index in [0.717, 1.165) is 12.6 Å². The molecule has 1 atom stereocenters. The lowest BCUT2D eigenvalue weighted by Gasteiger charge is -2.40. The van der Waals surface area contributed by atoms with E-state index in [-0.39, 0.29) is 18.0 Å². The van der Waals surface area contributed by atoms with Crippen LogP contribution in [0.2, 0.25) is 0 Å². The number of likely N-dealkylation sites (tertiary alicyclic amines) is 1. The van der Waals surface area contributed by atoms with Gasteiger partial charge in [-0.2, -0.15) is 0 Å². The smallest absolute Gasteiger partial charge is 0.255 e. The molecular weight excluding hydrogens is 261 g/mol. The molecule has 6 heteroatoms. The highest BCUT2D eigenvalue weighted by atomic mass is 19.1. The highest BCUT2D eigenvalue weighted by Gasteiger charge is 2.35. The number of pyridine rings is 1. The van der Waals surface area contributed by atoms with Crippen LogP contribution in [0.1, 0.15) is 23.2 Å². The summed E-state index contributed by atoms with van der Waals surface area (Å²) in [7, 11) is 3.77. The third-order valence-corrected chi connectivity index (χ3v) is 3.40. The van der Waals surface area contributed by atoms with E-state index < -0.39 is 11.4 Å². The van der Waals surface area contributed by atoms with Crippen LogP contribution < -0.4 is 0 Å². The fourth-order valence-electron chi connectivity index (χ4n) is 2.71.